The van der Waals surface area contributed by atoms with E-state index in [2.05, 4.69) is 31.0 Å². The minimum atomic E-state index is 0.357. The van der Waals surface area contributed by atoms with Crippen molar-refractivity contribution in [1.82, 2.24) is 10.2 Å². The highest BCUT2D eigenvalue weighted by atomic mass is 16.2. The monoisotopic (exact) mass is 240 g/mol. The molecule has 1 aliphatic heterocycles. The van der Waals surface area contributed by atoms with Gasteiger partial charge in [0.05, 0.1) is 0 Å². The molecule has 17 heavy (non-hydrogen) atoms. The van der Waals surface area contributed by atoms with E-state index in [1.807, 2.05) is 7.05 Å². The summed E-state index contributed by atoms with van der Waals surface area (Å²) in [5, 5.41) is 3.19. The van der Waals surface area contributed by atoms with Gasteiger partial charge < -0.3 is 10.2 Å². The molecule has 0 radical (unpaired) electrons. The van der Waals surface area contributed by atoms with Gasteiger partial charge >= 0.3 is 0 Å². The van der Waals surface area contributed by atoms with Crippen LogP contribution < -0.4 is 5.32 Å². The van der Waals surface area contributed by atoms with Gasteiger partial charge in [0, 0.05) is 25.6 Å². The normalized spacial score (nSPS) is 22.2. The van der Waals surface area contributed by atoms with Gasteiger partial charge in [-0.1, -0.05) is 20.8 Å². The highest BCUT2D eigenvalue weighted by Gasteiger charge is 2.28. The lowest BCUT2D eigenvalue weighted by Crippen LogP contribution is -2.41. The number of likely N-dealkylation sites (tertiary alicyclic amines) is 1. The molecule has 0 aromatic rings. The molecule has 0 spiro atoms. The number of hydrogen-bond donors (Lipinski definition) is 1. The van der Waals surface area contributed by atoms with Crippen LogP contribution in [0.4, 0.5) is 0 Å². The van der Waals surface area contributed by atoms with E-state index in [9.17, 15) is 4.79 Å². The van der Waals surface area contributed by atoms with E-state index in [1.54, 1.807) is 0 Å². The highest BCUT2D eigenvalue weighted by molar-refractivity contribution is 5.77. The summed E-state index contributed by atoms with van der Waals surface area (Å²) in [5.41, 5.74) is 0. The molecule has 2 unspecified atom stereocenters. The maximum atomic E-state index is 12.2. The topological polar surface area (TPSA) is 32.3 Å². The van der Waals surface area contributed by atoms with E-state index in [0.29, 0.717) is 23.8 Å². The first-order valence-electron chi connectivity index (χ1n) is 6.98. The van der Waals surface area contributed by atoms with Crippen LogP contribution in [0.1, 0.15) is 46.5 Å². The van der Waals surface area contributed by atoms with Gasteiger partial charge in [0.2, 0.25) is 5.91 Å². The summed E-state index contributed by atoms with van der Waals surface area (Å²) in [6, 6.07) is 0.429. The molecule has 1 fully saturated rings. The molecule has 1 aliphatic rings. The van der Waals surface area contributed by atoms with Crippen molar-refractivity contribution >= 4 is 5.91 Å². The van der Waals surface area contributed by atoms with Crippen LogP contribution in [0.2, 0.25) is 0 Å². The number of hydrogen-bond acceptors (Lipinski definition) is 2. The lowest BCUT2D eigenvalue weighted by molar-refractivity contribution is -0.132. The van der Waals surface area contributed by atoms with Crippen molar-refractivity contribution in [2.24, 2.45) is 11.8 Å². The number of nitrogens with zero attached hydrogens (tertiary/aromatic N) is 1. The number of nitrogens with one attached hydrogen (secondary N) is 1. The molecule has 0 aliphatic carbocycles. The first-order valence-corrected chi connectivity index (χ1v) is 6.98. The maximum absolute atomic E-state index is 12.2. The Labute approximate surface area is 106 Å². The quantitative estimate of drug-likeness (QED) is 0.772. The molecule has 1 heterocycles. The summed E-state index contributed by atoms with van der Waals surface area (Å²) >= 11 is 0. The zero-order valence-corrected chi connectivity index (χ0v) is 11.8. The van der Waals surface area contributed by atoms with Crippen molar-refractivity contribution < 1.29 is 4.79 Å². The maximum Gasteiger partial charge on any atom is 0.223 e. The first kappa shape index (κ1) is 14.5. The predicted molar refractivity (Wildman–Crippen MR) is 71.9 cm³/mol. The third-order valence-corrected chi connectivity index (χ3v) is 3.53. The Kier molecular flexibility index (Phi) is 5.96. The summed E-state index contributed by atoms with van der Waals surface area (Å²) in [6.45, 7) is 8.53. The van der Waals surface area contributed by atoms with Crippen LogP contribution in [-0.4, -0.2) is 37.0 Å². The minimum absolute atomic E-state index is 0.357. The van der Waals surface area contributed by atoms with Crippen molar-refractivity contribution in [2.75, 3.05) is 20.1 Å². The number of likely N-dealkylation sites (N-methyl/N-ethyl adjacent to an activating group) is 1. The van der Waals surface area contributed by atoms with Crippen LogP contribution in [0.3, 0.4) is 0 Å². The van der Waals surface area contributed by atoms with Crippen LogP contribution in [0, 0.1) is 11.8 Å². The van der Waals surface area contributed by atoms with Crippen molar-refractivity contribution in [2.45, 2.75) is 52.5 Å². The highest BCUT2D eigenvalue weighted by Crippen LogP contribution is 2.21. The third-order valence-electron chi connectivity index (χ3n) is 3.53. The molecule has 100 valence electrons. The molecule has 0 saturated carbocycles. The summed E-state index contributed by atoms with van der Waals surface area (Å²) in [4.78, 5) is 14.3. The van der Waals surface area contributed by atoms with Gasteiger partial charge in [-0.2, -0.15) is 0 Å². The minimum Gasteiger partial charge on any atom is -0.338 e. The van der Waals surface area contributed by atoms with Gasteiger partial charge in [0.1, 0.15) is 0 Å². The zero-order chi connectivity index (χ0) is 12.8. The van der Waals surface area contributed by atoms with Crippen LogP contribution in [-0.2, 0) is 4.79 Å². The van der Waals surface area contributed by atoms with Crippen molar-refractivity contribution in [3.8, 4) is 0 Å². The van der Waals surface area contributed by atoms with Gasteiger partial charge in [-0.05, 0) is 38.1 Å². The van der Waals surface area contributed by atoms with Crippen molar-refractivity contribution in [1.29, 1.82) is 0 Å². The number of amides is 1. The van der Waals surface area contributed by atoms with Gasteiger partial charge in [-0.25, -0.2) is 0 Å². The van der Waals surface area contributed by atoms with E-state index in [1.165, 1.54) is 0 Å². The molecule has 1 rings (SSSR count). The summed E-state index contributed by atoms with van der Waals surface area (Å²) in [6.07, 6.45) is 4.19. The number of rotatable bonds is 6. The molecule has 1 saturated heterocycles. The summed E-state index contributed by atoms with van der Waals surface area (Å²) < 4.78 is 0. The Balaban J connectivity index is 2.40. The molecule has 3 nitrogen and oxygen atoms in total. The second-order valence-electron chi connectivity index (χ2n) is 5.88. The fourth-order valence-corrected chi connectivity index (χ4v) is 2.92. The van der Waals surface area contributed by atoms with E-state index in [0.717, 1.165) is 38.8 Å². The fourth-order valence-electron chi connectivity index (χ4n) is 2.92. The second kappa shape index (κ2) is 7.00. The van der Waals surface area contributed by atoms with E-state index >= 15 is 0 Å². The van der Waals surface area contributed by atoms with Gasteiger partial charge in [-0.3, -0.25) is 4.79 Å². The lowest BCUT2D eigenvalue weighted by atomic mass is 9.95. The smallest absolute Gasteiger partial charge is 0.223 e. The average molecular weight is 240 g/mol. The molecule has 1 N–H and O–H groups in total. The number of carbonyl (C=O) groups excluding carboxylic acids is 1. The average Bonchev–Trinajstić information content (AvgIpc) is 2.64. The number of carbonyl (C=O) groups is 1. The predicted octanol–water partition coefficient (Wildman–Crippen LogP) is 2.27. The zero-order valence-electron chi connectivity index (χ0n) is 11.8. The van der Waals surface area contributed by atoms with E-state index < -0.39 is 0 Å². The van der Waals surface area contributed by atoms with E-state index in [4.69, 9.17) is 0 Å². The molecule has 2 atom stereocenters. The molecule has 0 aromatic heterocycles. The van der Waals surface area contributed by atoms with Crippen molar-refractivity contribution in [3.63, 3.8) is 0 Å². The molecule has 0 aromatic carbocycles. The largest absolute Gasteiger partial charge is 0.338 e. The lowest BCUT2D eigenvalue weighted by Gasteiger charge is -2.26. The Morgan fingerprint density at radius 1 is 1.41 bits per heavy atom. The van der Waals surface area contributed by atoms with Gasteiger partial charge in [0.15, 0.2) is 0 Å². The molecular formula is C14H28N2O. The summed E-state index contributed by atoms with van der Waals surface area (Å²) in [5.74, 6) is 1.55. The SMILES string of the molecule is CNCC1CCCN1C(=O)CC(C)CC(C)C. The Morgan fingerprint density at radius 2 is 2.12 bits per heavy atom. The van der Waals surface area contributed by atoms with Crippen molar-refractivity contribution in [3.05, 3.63) is 0 Å². The third kappa shape index (κ3) is 4.66. The summed E-state index contributed by atoms with van der Waals surface area (Å²) in [7, 11) is 1.96. The van der Waals surface area contributed by atoms with Crippen LogP contribution in [0.5, 0.6) is 0 Å². The fraction of sp³-hybridized carbons (Fsp3) is 0.929. The molecular weight excluding hydrogens is 212 g/mol. The standard InChI is InChI=1S/C14H28N2O/c1-11(2)8-12(3)9-14(17)16-7-5-6-13(16)10-15-4/h11-13,15H,5-10H2,1-4H3. The van der Waals surface area contributed by atoms with Crippen LogP contribution in [0.25, 0.3) is 0 Å². The molecule has 0 bridgehead atoms. The molecule has 1 amide bonds. The van der Waals surface area contributed by atoms with E-state index in [-0.39, 0.29) is 0 Å². The van der Waals surface area contributed by atoms with Crippen LogP contribution in [0.15, 0.2) is 0 Å². The molecule has 3 heteroatoms. The first-order chi connectivity index (χ1) is 8.04. The Hall–Kier alpha value is -0.570. The Morgan fingerprint density at radius 3 is 2.71 bits per heavy atom. The Bertz CT molecular complexity index is 240. The van der Waals surface area contributed by atoms with Crippen LogP contribution >= 0.6 is 0 Å². The van der Waals surface area contributed by atoms with Gasteiger partial charge in [0.25, 0.3) is 0 Å². The van der Waals surface area contributed by atoms with Gasteiger partial charge in [-0.15, -0.1) is 0 Å². The second-order valence-corrected chi connectivity index (χ2v) is 5.88.